The van der Waals surface area contributed by atoms with E-state index >= 15 is 0 Å². The van der Waals surface area contributed by atoms with E-state index in [4.69, 9.17) is 0 Å². The fraction of sp³-hybridized carbons (Fsp3) is 0.682. The number of rotatable bonds is 5. The number of benzene rings is 1. The highest BCUT2D eigenvalue weighted by molar-refractivity contribution is 5.83. The van der Waals surface area contributed by atoms with Gasteiger partial charge in [0.1, 0.15) is 0 Å². The van der Waals surface area contributed by atoms with Crippen LogP contribution in [-0.4, -0.2) is 54.5 Å². The van der Waals surface area contributed by atoms with Crippen LogP contribution in [-0.2, 0) is 4.79 Å². The molecule has 1 saturated carbocycles. The number of likely N-dealkylation sites (N-methyl/N-ethyl adjacent to an activating group) is 1. The van der Waals surface area contributed by atoms with Crippen molar-refractivity contribution in [2.45, 2.75) is 51.6 Å². The Hall–Kier alpha value is -1.39. The molecule has 1 aliphatic carbocycles. The molecule has 4 heteroatoms. The Morgan fingerprint density at radius 2 is 2.04 bits per heavy atom. The molecule has 4 rings (SSSR count). The SMILES string of the molecule is CCN(C(=O)C1CC12CCNCC2)C1CCN(C(C)c2ccccc2)C1. The van der Waals surface area contributed by atoms with Crippen LogP contribution in [0.2, 0.25) is 0 Å². The summed E-state index contributed by atoms with van der Waals surface area (Å²) in [5.41, 5.74) is 1.71. The minimum Gasteiger partial charge on any atom is -0.338 e. The molecule has 3 fully saturated rings. The van der Waals surface area contributed by atoms with Crippen molar-refractivity contribution < 1.29 is 4.79 Å². The molecule has 26 heavy (non-hydrogen) atoms. The average molecular weight is 356 g/mol. The van der Waals surface area contributed by atoms with Crippen LogP contribution in [0.4, 0.5) is 0 Å². The largest absolute Gasteiger partial charge is 0.338 e. The van der Waals surface area contributed by atoms with Crippen molar-refractivity contribution in [2.24, 2.45) is 11.3 Å². The third-order valence-corrected chi connectivity index (χ3v) is 7.18. The van der Waals surface area contributed by atoms with Crippen molar-refractivity contribution in [1.82, 2.24) is 15.1 Å². The number of carbonyl (C=O) groups excluding carboxylic acids is 1. The van der Waals surface area contributed by atoms with Crippen molar-refractivity contribution >= 4 is 5.91 Å². The van der Waals surface area contributed by atoms with Crippen molar-refractivity contribution in [3.63, 3.8) is 0 Å². The summed E-state index contributed by atoms with van der Waals surface area (Å²) in [6.45, 7) is 9.56. The minimum absolute atomic E-state index is 0.296. The summed E-state index contributed by atoms with van der Waals surface area (Å²) in [7, 11) is 0. The zero-order valence-electron chi connectivity index (χ0n) is 16.3. The van der Waals surface area contributed by atoms with E-state index in [2.05, 4.69) is 59.3 Å². The zero-order chi connectivity index (χ0) is 18.1. The fourth-order valence-corrected chi connectivity index (χ4v) is 5.28. The van der Waals surface area contributed by atoms with Crippen molar-refractivity contribution in [3.05, 3.63) is 35.9 Å². The standard InChI is InChI=1S/C22H33N3O/c1-3-25(21(26)20-15-22(20)10-12-23-13-11-22)19-9-14-24(16-19)17(2)18-7-5-4-6-8-18/h4-8,17,19-20,23H,3,9-16H2,1-2H3. The van der Waals surface area contributed by atoms with Crippen molar-refractivity contribution in [2.75, 3.05) is 32.7 Å². The first-order chi connectivity index (χ1) is 12.6. The van der Waals surface area contributed by atoms with Gasteiger partial charge < -0.3 is 10.2 Å². The Balaban J connectivity index is 1.38. The van der Waals surface area contributed by atoms with E-state index in [1.165, 1.54) is 18.4 Å². The summed E-state index contributed by atoms with van der Waals surface area (Å²) >= 11 is 0. The second kappa shape index (κ2) is 7.32. The summed E-state index contributed by atoms with van der Waals surface area (Å²) in [5.74, 6) is 0.735. The van der Waals surface area contributed by atoms with Crippen LogP contribution in [0.3, 0.4) is 0 Å². The van der Waals surface area contributed by atoms with E-state index in [1.54, 1.807) is 0 Å². The fourth-order valence-electron chi connectivity index (χ4n) is 5.28. The Morgan fingerprint density at radius 3 is 2.73 bits per heavy atom. The van der Waals surface area contributed by atoms with Gasteiger partial charge in [0.15, 0.2) is 0 Å². The maximum absolute atomic E-state index is 13.2. The second-order valence-electron chi connectivity index (χ2n) is 8.52. The highest BCUT2D eigenvalue weighted by atomic mass is 16.2. The van der Waals surface area contributed by atoms with Gasteiger partial charge in [-0.15, -0.1) is 0 Å². The van der Waals surface area contributed by atoms with Gasteiger partial charge in [-0.25, -0.2) is 0 Å². The zero-order valence-corrected chi connectivity index (χ0v) is 16.3. The van der Waals surface area contributed by atoms with E-state index in [0.717, 1.165) is 45.6 Å². The molecule has 0 bridgehead atoms. The number of hydrogen-bond donors (Lipinski definition) is 1. The van der Waals surface area contributed by atoms with Gasteiger partial charge in [-0.05, 0) is 63.6 Å². The number of nitrogens with one attached hydrogen (secondary N) is 1. The van der Waals surface area contributed by atoms with Gasteiger partial charge in [0.25, 0.3) is 0 Å². The quantitative estimate of drug-likeness (QED) is 0.882. The number of amides is 1. The number of carbonyl (C=O) groups is 1. The Bertz CT molecular complexity index is 626. The number of hydrogen-bond acceptors (Lipinski definition) is 3. The molecule has 3 atom stereocenters. The lowest BCUT2D eigenvalue weighted by Gasteiger charge is -2.31. The Kier molecular flexibility index (Phi) is 5.07. The van der Waals surface area contributed by atoms with Gasteiger partial charge in [0, 0.05) is 37.6 Å². The molecule has 4 nitrogen and oxygen atoms in total. The summed E-state index contributed by atoms with van der Waals surface area (Å²) in [6, 6.07) is 11.6. The maximum Gasteiger partial charge on any atom is 0.226 e. The molecule has 142 valence electrons. The van der Waals surface area contributed by atoms with Crippen LogP contribution < -0.4 is 5.32 Å². The van der Waals surface area contributed by atoms with Crippen LogP contribution in [0.15, 0.2) is 30.3 Å². The van der Waals surface area contributed by atoms with Crippen LogP contribution >= 0.6 is 0 Å². The molecule has 1 amide bonds. The molecule has 1 spiro atoms. The Labute approximate surface area is 157 Å². The highest BCUT2D eigenvalue weighted by Crippen LogP contribution is 2.59. The van der Waals surface area contributed by atoms with Crippen LogP contribution in [0.25, 0.3) is 0 Å². The van der Waals surface area contributed by atoms with Gasteiger partial charge in [-0.1, -0.05) is 30.3 Å². The summed E-state index contributed by atoms with van der Waals surface area (Å²) in [4.78, 5) is 18.0. The molecular formula is C22H33N3O. The number of nitrogens with zero attached hydrogens (tertiary/aromatic N) is 2. The molecule has 1 N–H and O–H groups in total. The third kappa shape index (κ3) is 3.29. The van der Waals surface area contributed by atoms with Crippen molar-refractivity contribution in [3.8, 4) is 0 Å². The van der Waals surface area contributed by atoms with Gasteiger partial charge in [-0.2, -0.15) is 0 Å². The summed E-state index contributed by atoms with van der Waals surface area (Å²) < 4.78 is 0. The maximum atomic E-state index is 13.2. The Morgan fingerprint density at radius 1 is 1.31 bits per heavy atom. The topological polar surface area (TPSA) is 35.6 Å². The van der Waals surface area contributed by atoms with Gasteiger partial charge in [0.05, 0.1) is 0 Å². The summed E-state index contributed by atoms with van der Waals surface area (Å²) in [5, 5.41) is 3.44. The minimum atomic E-state index is 0.296. The van der Waals surface area contributed by atoms with Gasteiger partial charge in [-0.3, -0.25) is 9.69 Å². The lowest BCUT2D eigenvalue weighted by Crippen LogP contribution is -2.44. The molecule has 1 aromatic rings. The first-order valence-electron chi connectivity index (χ1n) is 10.4. The predicted octanol–water partition coefficient (Wildman–Crippen LogP) is 3.06. The molecule has 2 heterocycles. The van der Waals surface area contributed by atoms with E-state index in [-0.39, 0.29) is 0 Å². The van der Waals surface area contributed by atoms with E-state index < -0.39 is 0 Å². The number of piperidine rings is 1. The monoisotopic (exact) mass is 355 g/mol. The van der Waals surface area contributed by atoms with Crippen LogP contribution in [0.1, 0.15) is 51.1 Å². The van der Waals surface area contributed by atoms with E-state index in [9.17, 15) is 4.79 Å². The molecule has 0 radical (unpaired) electrons. The predicted molar refractivity (Wildman–Crippen MR) is 105 cm³/mol. The first kappa shape index (κ1) is 18.0. The highest BCUT2D eigenvalue weighted by Gasteiger charge is 2.59. The summed E-state index contributed by atoms with van der Waals surface area (Å²) in [6.07, 6.45) is 4.60. The molecular weight excluding hydrogens is 322 g/mol. The molecule has 2 saturated heterocycles. The molecule has 2 aliphatic heterocycles. The second-order valence-corrected chi connectivity index (χ2v) is 8.52. The number of likely N-dealkylation sites (tertiary alicyclic amines) is 1. The lowest BCUT2D eigenvalue weighted by atomic mass is 9.91. The molecule has 1 aromatic carbocycles. The van der Waals surface area contributed by atoms with Crippen molar-refractivity contribution in [1.29, 1.82) is 0 Å². The molecule has 0 aromatic heterocycles. The third-order valence-electron chi connectivity index (χ3n) is 7.18. The van der Waals surface area contributed by atoms with E-state index in [0.29, 0.717) is 29.3 Å². The van der Waals surface area contributed by atoms with Crippen LogP contribution in [0.5, 0.6) is 0 Å². The van der Waals surface area contributed by atoms with E-state index in [1.807, 2.05) is 0 Å². The van der Waals surface area contributed by atoms with Gasteiger partial charge in [0.2, 0.25) is 5.91 Å². The molecule has 3 unspecified atom stereocenters. The normalized spacial score (nSPS) is 28.8. The molecule has 3 aliphatic rings. The lowest BCUT2D eigenvalue weighted by molar-refractivity contribution is -0.135. The van der Waals surface area contributed by atoms with Gasteiger partial charge >= 0.3 is 0 Å². The van der Waals surface area contributed by atoms with Crippen LogP contribution in [0, 0.1) is 11.3 Å². The average Bonchev–Trinajstić information content (AvgIpc) is 3.14. The first-order valence-corrected chi connectivity index (χ1v) is 10.4. The smallest absolute Gasteiger partial charge is 0.226 e.